The Balaban J connectivity index is 4.41. The third kappa shape index (κ3) is 3.92. The molecule has 0 bridgehead atoms. The molecule has 0 aromatic heterocycles. The molecule has 0 spiro atoms. The summed E-state index contributed by atoms with van der Waals surface area (Å²) >= 11 is 0. The van der Waals surface area contributed by atoms with Crippen molar-refractivity contribution in [3.05, 3.63) is 0 Å². The summed E-state index contributed by atoms with van der Waals surface area (Å²) in [7, 11) is 0. The van der Waals surface area contributed by atoms with Crippen molar-refractivity contribution in [2.24, 2.45) is 0 Å². The molecule has 0 saturated heterocycles. The number of aliphatic hydroxyl groups excluding tert-OH is 8. The Morgan fingerprint density at radius 1 is 0.500 bits per heavy atom. The van der Waals surface area contributed by atoms with E-state index in [1.165, 1.54) is 0 Å². The highest BCUT2D eigenvalue weighted by atomic mass is 16.4. The van der Waals surface area contributed by atoms with Gasteiger partial charge in [0, 0.05) is 0 Å². The van der Waals surface area contributed by atoms with Crippen molar-refractivity contribution in [1.29, 1.82) is 0 Å². The van der Waals surface area contributed by atoms with Gasteiger partial charge >= 0.3 is 0 Å². The van der Waals surface area contributed by atoms with Gasteiger partial charge in [-0.2, -0.15) is 0 Å². The maximum atomic E-state index is 9.28. The van der Waals surface area contributed by atoms with Crippen LogP contribution in [0.1, 0.15) is 0 Å². The Kier molecular flexibility index (Phi) is 6.95. The molecule has 0 aliphatic heterocycles. The zero-order valence-corrected chi connectivity index (χ0v) is 8.46. The minimum absolute atomic E-state index is 0.844. The predicted molar refractivity (Wildman–Crippen MR) is 50.2 cm³/mol. The SMILES string of the molecule is OCC(O)C(O)[C@@H](O)[C@H](O)[C@@H](O)[C@H](O)CO. The smallest absolute Gasteiger partial charge is 0.111 e. The fourth-order valence-corrected chi connectivity index (χ4v) is 1.08. The van der Waals surface area contributed by atoms with Crippen molar-refractivity contribution in [3.8, 4) is 0 Å². The highest BCUT2D eigenvalue weighted by Gasteiger charge is 2.36. The highest BCUT2D eigenvalue weighted by molar-refractivity contribution is 4.87. The minimum atomic E-state index is -1.97. The summed E-state index contributed by atoms with van der Waals surface area (Å²) < 4.78 is 0. The van der Waals surface area contributed by atoms with Crippen LogP contribution in [-0.2, 0) is 0 Å². The van der Waals surface area contributed by atoms with Gasteiger partial charge in [0.15, 0.2) is 0 Å². The average Bonchev–Trinajstić information content (AvgIpc) is 2.32. The topological polar surface area (TPSA) is 162 Å². The van der Waals surface area contributed by atoms with E-state index in [0.29, 0.717) is 0 Å². The normalized spacial score (nSPS) is 23.2. The van der Waals surface area contributed by atoms with Crippen LogP contribution in [0.4, 0.5) is 0 Å². The molecule has 0 aromatic rings. The van der Waals surface area contributed by atoms with Crippen molar-refractivity contribution in [2.75, 3.05) is 13.2 Å². The molecular weight excluding hydrogens is 224 g/mol. The van der Waals surface area contributed by atoms with Crippen molar-refractivity contribution < 1.29 is 40.9 Å². The van der Waals surface area contributed by atoms with E-state index in [9.17, 15) is 20.4 Å². The molecule has 0 fully saturated rings. The van der Waals surface area contributed by atoms with Crippen LogP contribution in [0.15, 0.2) is 0 Å². The van der Waals surface area contributed by atoms with Crippen molar-refractivity contribution >= 4 is 0 Å². The summed E-state index contributed by atoms with van der Waals surface area (Å²) in [5.74, 6) is 0. The Labute approximate surface area is 91.6 Å². The minimum Gasteiger partial charge on any atom is -0.394 e. The van der Waals surface area contributed by atoms with E-state index in [2.05, 4.69) is 0 Å². The van der Waals surface area contributed by atoms with Crippen LogP contribution in [-0.4, -0.2) is 90.7 Å². The molecule has 0 rings (SSSR count). The number of hydrogen-bond donors (Lipinski definition) is 8. The summed E-state index contributed by atoms with van der Waals surface area (Å²) in [6, 6.07) is 0. The lowest BCUT2D eigenvalue weighted by molar-refractivity contribution is -0.161. The quantitative estimate of drug-likeness (QED) is 0.220. The summed E-state index contributed by atoms with van der Waals surface area (Å²) in [6.07, 6.45) is -11.1. The summed E-state index contributed by atoms with van der Waals surface area (Å²) in [5.41, 5.74) is 0. The lowest BCUT2D eigenvalue weighted by atomic mass is 9.97. The molecule has 0 amide bonds. The zero-order valence-electron chi connectivity index (χ0n) is 8.46. The van der Waals surface area contributed by atoms with Crippen molar-refractivity contribution in [3.63, 3.8) is 0 Å². The highest BCUT2D eigenvalue weighted by Crippen LogP contribution is 2.10. The van der Waals surface area contributed by atoms with Gasteiger partial charge in [-0.3, -0.25) is 0 Å². The number of hydrogen-bond acceptors (Lipinski definition) is 8. The third-order valence-corrected chi connectivity index (χ3v) is 2.21. The molecule has 98 valence electrons. The maximum absolute atomic E-state index is 9.28. The van der Waals surface area contributed by atoms with Gasteiger partial charge in [-0.25, -0.2) is 0 Å². The lowest BCUT2D eigenvalue weighted by Gasteiger charge is -2.29. The summed E-state index contributed by atoms with van der Waals surface area (Å²) in [4.78, 5) is 0. The fraction of sp³-hybridized carbons (Fsp3) is 1.00. The van der Waals surface area contributed by atoms with Crippen molar-refractivity contribution in [2.45, 2.75) is 36.6 Å². The van der Waals surface area contributed by atoms with Crippen LogP contribution >= 0.6 is 0 Å². The fourth-order valence-electron chi connectivity index (χ4n) is 1.08. The van der Waals surface area contributed by atoms with Gasteiger partial charge in [-0.05, 0) is 0 Å². The maximum Gasteiger partial charge on any atom is 0.111 e. The zero-order chi connectivity index (χ0) is 12.9. The summed E-state index contributed by atoms with van der Waals surface area (Å²) in [5, 5.41) is 71.8. The van der Waals surface area contributed by atoms with E-state index in [1.807, 2.05) is 0 Å². The van der Waals surface area contributed by atoms with E-state index in [4.69, 9.17) is 20.4 Å². The second kappa shape index (κ2) is 7.09. The Morgan fingerprint density at radius 3 is 0.938 bits per heavy atom. The molecule has 0 heterocycles. The monoisotopic (exact) mass is 242 g/mol. The van der Waals surface area contributed by atoms with Crippen LogP contribution in [0.5, 0.6) is 0 Å². The molecule has 0 aromatic carbocycles. The molecule has 2 unspecified atom stereocenters. The van der Waals surface area contributed by atoms with Crippen LogP contribution < -0.4 is 0 Å². The van der Waals surface area contributed by atoms with Gasteiger partial charge in [-0.15, -0.1) is 0 Å². The van der Waals surface area contributed by atoms with E-state index < -0.39 is 49.8 Å². The van der Waals surface area contributed by atoms with E-state index in [0.717, 1.165) is 0 Å². The molecule has 16 heavy (non-hydrogen) atoms. The van der Waals surface area contributed by atoms with E-state index in [-0.39, 0.29) is 0 Å². The van der Waals surface area contributed by atoms with E-state index in [1.54, 1.807) is 0 Å². The number of aliphatic hydroxyl groups is 8. The molecule has 8 nitrogen and oxygen atoms in total. The van der Waals surface area contributed by atoms with Crippen LogP contribution in [0, 0.1) is 0 Å². The first kappa shape index (κ1) is 15.7. The molecule has 0 aliphatic carbocycles. The molecule has 0 aliphatic rings. The first-order valence-corrected chi connectivity index (χ1v) is 4.66. The van der Waals surface area contributed by atoms with Crippen LogP contribution in [0.25, 0.3) is 0 Å². The van der Waals surface area contributed by atoms with Gasteiger partial charge in [0.05, 0.1) is 13.2 Å². The first-order chi connectivity index (χ1) is 7.36. The standard InChI is InChI=1S/C8H18O8/c9-1-3(11)5(13)7(15)8(16)6(14)4(12)2-10/h3-16H,1-2H2/t3-,4?,5+,6?,7-,8-/m1/s1. The van der Waals surface area contributed by atoms with E-state index >= 15 is 0 Å². The molecule has 0 radical (unpaired) electrons. The van der Waals surface area contributed by atoms with Gasteiger partial charge in [0.25, 0.3) is 0 Å². The largest absolute Gasteiger partial charge is 0.394 e. The average molecular weight is 242 g/mol. The summed E-state index contributed by atoms with van der Waals surface area (Å²) in [6.45, 7) is -1.69. The number of rotatable bonds is 7. The molecule has 8 heteroatoms. The van der Waals surface area contributed by atoms with Gasteiger partial charge in [0.2, 0.25) is 0 Å². The first-order valence-electron chi connectivity index (χ1n) is 4.66. The molecule has 0 saturated carbocycles. The molecule has 6 atom stereocenters. The van der Waals surface area contributed by atoms with Crippen molar-refractivity contribution in [1.82, 2.24) is 0 Å². The molecule has 8 N–H and O–H groups in total. The lowest BCUT2D eigenvalue weighted by Crippen LogP contribution is -2.53. The Hall–Kier alpha value is -0.320. The van der Waals surface area contributed by atoms with Gasteiger partial charge in [-0.1, -0.05) is 0 Å². The Bertz CT molecular complexity index is 169. The molecular formula is C8H18O8. The second-order valence-electron chi connectivity index (χ2n) is 3.46. The third-order valence-electron chi connectivity index (χ3n) is 2.21. The van der Waals surface area contributed by atoms with Gasteiger partial charge < -0.3 is 40.9 Å². The van der Waals surface area contributed by atoms with Crippen LogP contribution in [0.2, 0.25) is 0 Å². The van der Waals surface area contributed by atoms with Crippen LogP contribution in [0.3, 0.4) is 0 Å². The Morgan fingerprint density at radius 2 is 0.750 bits per heavy atom. The second-order valence-corrected chi connectivity index (χ2v) is 3.46. The predicted octanol–water partition coefficient (Wildman–Crippen LogP) is -4.86. The van der Waals surface area contributed by atoms with Gasteiger partial charge in [0.1, 0.15) is 36.6 Å².